The van der Waals surface area contributed by atoms with Gasteiger partial charge in [-0.05, 0) is 79.1 Å². The lowest BCUT2D eigenvalue weighted by molar-refractivity contribution is 0.551. The van der Waals surface area contributed by atoms with Crippen LogP contribution in [-0.2, 0) is 5.41 Å². The third kappa shape index (κ3) is 5.13. The van der Waals surface area contributed by atoms with Gasteiger partial charge in [0.1, 0.15) is 5.82 Å². The van der Waals surface area contributed by atoms with Gasteiger partial charge in [0.2, 0.25) is 0 Å². The topological polar surface area (TPSA) is 41.9 Å². The molecule has 4 aliphatic carbocycles. The van der Waals surface area contributed by atoms with Gasteiger partial charge in [-0.3, -0.25) is 0 Å². The van der Waals surface area contributed by atoms with Crippen molar-refractivity contribution in [3.8, 4) is 22.5 Å². The van der Waals surface area contributed by atoms with E-state index in [-0.39, 0.29) is 11.5 Å². The van der Waals surface area contributed by atoms with E-state index in [1.165, 1.54) is 53.5 Å². The van der Waals surface area contributed by atoms with Crippen molar-refractivity contribution in [3.63, 3.8) is 0 Å². The zero-order valence-electron chi connectivity index (χ0n) is 28.7. The highest BCUT2D eigenvalue weighted by Crippen LogP contribution is 2.49. The fraction of sp³-hybridized carbons (Fsp3) is 0.196. The summed E-state index contributed by atoms with van der Waals surface area (Å²) in [5, 5.41) is 2.74. The number of thiophene rings is 1. The molecule has 5 heteroatoms. The molecule has 3 aromatic carbocycles. The van der Waals surface area contributed by atoms with Crippen LogP contribution in [0.5, 0.6) is 0 Å². The molecule has 3 atom stereocenters. The van der Waals surface area contributed by atoms with Gasteiger partial charge in [-0.15, -0.1) is 11.3 Å². The number of fused-ring (bicyclic) bond motifs is 6. The largest absolute Gasteiger partial charge is 0.333 e. The number of aromatic nitrogens is 3. The molecule has 1 aliphatic heterocycles. The first-order chi connectivity index (χ1) is 25.1. The van der Waals surface area contributed by atoms with Crippen LogP contribution in [-0.4, -0.2) is 21.0 Å². The molecule has 0 N–H and O–H groups in total. The number of nitrogens with zero attached hydrogens (tertiary/aromatic N) is 4. The van der Waals surface area contributed by atoms with Crippen LogP contribution in [0.1, 0.15) is 62.2 Å². The first kappa shape index (κ1) is 30.4. The number of allylic oxidation sites excluding steroid dienone is 10. The third-order valence-corrected chi connectivity index (χ3v) is 12.3. The summed E-state index contributed by atoms with van der Waals surface area (Å²) in [6.45, 7) is 2.22. The van der Waals surface area contributed by atoms with Crippen LogP contribution in [0.2, 0.25) is 0 Å². The molecular formula is C46H38N4S. The molecular weight excluding hydrogens is 641 g/mol. The van der Waals surface area contributed by atoms with E-state index < -0.39 is 0 Å². The van der Waals surface area contributed by atoms with Crippen LogP contribution in [0.3, 0.4) is 0 Å². The maximum Gasteiger partial charge on any atom is 0.163 e. The zero-order chi connectivity index (χ0) is 33.9. The molecule has 4 nitrogen and oxygen atoms in total. The Hall–Kier alpha value is -5.39. The predicted octanol–water partition coefficient (Wildman–Crippen LogP) is 10.0. The Bertz CT molecular complexity index is 2540. The lowest BCUT2D eigenvalue weighted by Gasteiger charge is -2.29. The summed E-state index contributed by atoms with van der Waals surface area (Å²) in [6.07, 6.45) is 34.1. The van der Waals surface area contributed by atoms with E-state index in [4.69, 9.17) is 15.0 Å². The molecule has 0 spiro atoms. The zero-order valence-corrected chi connectivity index (χ0v) is 29.5. The summed E-state index contributed by atoms with van der Waals surface area (Å²) < 4.78 is 2.74. The van der Waals surface area contributed by atoms with E-state index in [9.17, 15) is 0 Å². The van der Waals surface area contributed by atoms with E-state index in [2.05, 4.69) is 151 Å². The Morgan fingerprint density at radius 2 is 1.63 bits per heavy atom. The Morgan fingerprint density at radius 1 is 0.784 bits per heavy atom. The second-order valence-corrected chi connectivity index (χ2v) is 15.5. The summed E-state index contributed by atoms with van der Waals surface area (Å²) in [4.78, 5) is 17.9. The Kier molecular flexibility index (Phi) is 7.24. The number of hydrogen-bond donors (Lipinski definition) is 0. The molecule has 0 bridgehead atoms. The molecule has 2 unspecified atom stereocenters. The van der Waals surface area contributed by atoms with Gasteiger partial charge in [0, 0.05) is 48.5 Å². The van der Waals surface area contributed by atoms with Gasteiger partial charge >= 0.3 is 0 Å². The summed E-state index contributed by atoms with van der Waals surface area (Å²) in [5.74, 6) is 2.69. The first-order valence-electron chi connectivity index (χ1n) is 18.2. The summed E-state index contributed by atoms with van der Waals surface area (Å²) >= 11 is 1.93. The van der Waals surface area contributed by atoms with Crippen molar-refractivity contribution >= 4 is 50.5 Å². The molecule has 10 rings (SSSR count). The average molecular weight is 679 g/mol. The van der Waals surface area contributed by atoms with Gasteiger partial charge in [-0.25, -0.2) is 15.0 Å². The van der Waals surface area contributed by atoms with Crippen molar-refractivity contribution in [2.45, 2.75) is 56.4 Å². The van der Waals surface area contributed by atoms with E-state index >= 15 is 0 Å². The van der Waals surface area contributed by atoms with Crippen LogP contribution in [0, 0.1) is 0 Å². The Balaban J connectivity index is 1.11. The van der Waals surface area contributed by atoms with Crippen molar-refractivity contribution in [2.24, 2.45) is 0 Å². The number of para-hydroxylation sites is 1. The minimum atomic E-state index is -0.277. The maximum absolute atomic E-state index is 5.14. The van der Waals surface area contributed by atoms with E-state index in [0.717, 1.165) is 55.1 Å². The fourth-order valence-corrected chi connectivity index (χ4v) is 9.64. The standard InChI is InChI=1S/C46H38N4S/c1-46(26-12-3-13-27-46)45-48-43(31-14-4-2-5-15-31)47-44(49-45)32-24-22-30(23-25-32)37-28-33(29-38-36-18-8-11-21-41(36)51-42(37)38)50-39-19-9-6-16-34(39)35-17-7-10-20-40(35)50/h2-4,6-7,9-10,12-14,16-26,28-29,34,39H,5,8,11,15,27H2,1H3/t34?,39?,46-/m0/s1. The lowest BCUT2D eigenvalue weighted by Crippen LogP contribution is -2.28. The number of anilines is 2. The molecule has 5 aromatic rings. The second-order valence-electron chi connectivity index (χ2n) is 14.4. The number of benzene rings is 3. The Morgan fingerprint density at radius 3 is 2.49 bits per heavy atom. The predicted molar refractivity (Wildman–Crippen MR) is 213 cm³/mol. The molecule has 0 saturated heterocycles. The van der Waals surface area contributed by atoms with Crippen molar-refractivity contribution in [1.82, 2.24) is 15.0 Å². The van der Waals surface area contributed by atoms with Crippen LogP contribution in [0.15, 0.2) is 127 Å². The molecule has 0 amide bonds. The minimum absolute atomic E-state index is 0.253. The highest BCUT2D eigenvalue weighted by molar-refractivity contribution is 7.17. The van der Waals surface area contributed by atoms with E-state index in [0.29, 0.717) is 5.92 Å². The lowest BCUT2D eigenvalue weighted by atomic mass is 9.83. The highest BCUT2D eigenvalue weighted by atomic mass is 32.1. The summed E-state index contributed by atoms with van der Waals surface area (Å²) in [5.41, 5.74) is 8.30. The molecule has 51 heavy (non-hydrogen) atoms. The minimum Gasteiger partial charge on any atom is -0.333 e. The first-order valence-corrected chi connectivity index (χ1v) is 19.0. The molecule has 0 fully saturated rings. The highest BCUT2D eigenvalue weighted by Gasteiger charge is 2.37. The molecule has 3 heterocycles. The van der Waals surface area contributed by atoms with Crippen molar-refractivity contribution < 1.29 is 0 Å². The molecule has 0 radical (unpaired) electrons. The van der Waals surface area contributed by atoms with E-state index in [1.54, 1.807) is 0 Å². The smallest absolute Gasteiger partial charge is 0.163 e. The summed E-state index contributed by atoms with van der Waals surface area (Å²) in [6, 6.07) is 23.0. The second kappa shape index (κ2) is 12.1. The van der Waals surface area contributed by atoms with Gasteiger partial charge in [0.25, 0.3) is 0 Å². The van der Waals surface area contributed by atoms with Gasteiger partial charge < -0.3 is 4.90 Å². The number of rotatable bonds is 5. The third-order valence-electron chi connectivity index (χ3n) is 11.1. The van der Waals surface area contributed by atoms with Gasteiger partial charge in [-0.1, -0.05) is 121 Å². The van der Waals surface area contributed by atoms with Crippen molar-refractivity contribution in [1.29, 1.82) is 0 Å². The molecule has 0 saturated carbocycles. The normalized spacial score (nSPS) is 22.7. The average Bonchev–Trinajstić information content (AvgIpc) is 3.74. The van der Waals surface area contributed by atoms with Gasteiger partial charge in [-0.2, -0.15) is 0 Å². The van der Waals surface area contributed by atoms with Crippen LogP contribution >= 0.6 is 11.3 Å². The van der Waals surface area contributed by atoms with Crippen LogP contribution in [0.25, 0.3) is 50.3 Å². The SMILES string of the molecule is C[C@]1(c2nc(C3=CC=CCC3)nc(-c3ccc(-c4cc(N5c6ccccc6C6C=CC=CC65)cc5c6c(sc45)=CCCC=6)cc3)n2)C=CC=CC1. The van der Waals surface area contributed by atoms with Crippen molar-refractivity contribution in [3.05, 3.63) is 154 Å². The molecule has 248 valence electrons. The molecule has 5 aliphatic rings. The van der Waals surface area contributed by atoms with Crippen LogP contribution < -0.4 is 14.7 Å². The fourth-order valence-electron chi connectivity index (χ4n) is 8.35. The van der Waals surface area contributed by atoms with Gasteiger partial charge in [0.05, 0.1) is 6.04 Å². The maximum atomic E-state index is 5.14. The van der Waals surface area contributed by atoms with Crippen LogP contribution in [0.4, 0.5) is 11.4 Å². The summed E-state index contributed by atoms with van der Waals surface area (Å²) in [7, 11) is 0. The van der Waals surface area contributed by atoms with Gasteiger partial charge in [0.15, 0.2) is 11.6 Å². The monoisotopic (exact) mass is 678 g/mol. The van der Waals surface area contributed by atoms with E-state index in [1.807, 2.05) is 11.3 Å². The number of hydrogen-bond acceptors (Lipinski definition) is 5. The quantitative estimate of drug-likeness (QED) is 0.186. The van der Waals surface area contributed by atoms with Crippen molar-refractivity contribution in [2.75, 3.05) is 4.90 Å². The molecule has 2 aromatic heterocycles. The Labute approximate surface area is 302 Å².